The van der Waals surface area contributed by atoms with E-state index < -0.39 is 12.7 Å². The Hall–Kier alpha value is -1.08. The third kappa shape index (κ3) is 4.83. The first kappa shape index (κ1) is 14.3. The van der Waals surface area contributed by atoms with Crippen LogP contribution in [0.5, 0.6) is 0 Å². The maximum atomic E-state index is 12.2. The van der Waals surface area contributed by atoms with Crippen molar-refractivity contribution in [2.75, 3.05) is 31.5 Å². The fraction of sp³-hybridized carbons (Fsp3) is 0.636. The van der Waals surface area contributed by atoms with Crippen LogP contribution in [0.2, 0.25) is 5.28 Å². The second-order valence-corrected chi connectivity index (χ2v) is 4.93. The minimum Gasteiger partial charge on any atom is -0.370 e. The Balaban J connectivity index is 1.76. The van der Waals surface area contributed by atoms with Gasteiger partial charge in [0.2, 0.25) is 5.28 Å². The number of aromatic nitrogens is 2. The molecular formula is C11H14ClF3N4. The van der Waals surface area contributed by atoms with Crippen molar-refractivity contribution in [3.8, 4) is 0 Å². The number of likely N-dealkylation sites (tertiary alicyclic amines) is 1. The third-order valence-corrected chi connectivity index (χ3v) is 3.15. The van der Waals surface area contributed by atoms with Gasteiger partial charge in [0.25, 0.3) is 0 Å². The normalized spacial score (nSPS) is 20.7. The molecule has 0 spiro atoms. The minimum atomic E-state index is -4.12. The summed E-state index contributed by atoms with van der Waals surface area (Å²) < 4.78 is 36.7. The molecule has 0 amide bonds. The van der Waals surface area contributed by atoms with Crippen molar-refractivity contribution in [1.29, 1.82) is 0 Å². The highest BCUT2D eigenvalue weighted by Crippen LogP contribution is 2.23. The number of alkyl halides is 3. The van der Waals surface area contributed by atoms with Crippen molar-refractivity contribution in [3.05, 3.63) is 17.5 Å². The quantitative estimate of drug-likeness (QED) is 0.866. The summed E-state index contributed by atoms with van der Waals surface area (Å²) in [5.41, 5.74) is 0. The molecule has 0 aromatic carbocycles. The molecule has 0 bridgehead atoms. The molecule has 1 aliphatic heterocycles. The summed E-state index contributed by atoms with van der Waals surface area (Å²) in [5.74, 6) is 0.783. The summed E-state index contributed by atoms with van der Waals surface area (Å²) >= 11 is 5.64. The lowest BCUT2D eigenvalue weighted by molar-refractivity contribution is -0.143. The molecule has 2 rings (SSSR count). The van der Waals surface area contributed by atoms with E-state index in [4.69, 9.17) is 11.6 Å². The monoisotopic (exact) mass is 294 g/mol. The van der Waals surface area contributed by atoms with E-state index in [1.165, 1.54) is 11.1 Å². The van der Waals surface area contributed by atoms with E-state index in [0.717, 1.165) is 6.42 Å². The van der Waals surface area contributed by atoms with Crippen LogP contribution < -0.4 is 5.32 Å². The molecule has 1 aliphatic rings. The molecule has 1 fully saturated rings. The number of nitrogens with one attached hydrogen (secondary N) is 1. The molecular weight excluding hydrogens is 281 g/mol. The van der Waals surface area contributed by atoms with Gasteiger partial charge in [-0.25, -0.2) is 9.97 Å². The Bertz CT molecular complexity index is 427. The Kier molecular flexibility index (Phi) is 4.46. The summed E-state index contributed by atoms with van der Waals surface area (Å²) in [6, 6.07) is 1.67. The largest absolute Gasteiger partial charge is 0.401 e. The molecule has 8 heteroatoms. The van der Waals surface area contributed by atoms with E-state index in [9.17, 15) is 13.2 Å². The van der Waals surface area contributed by atoms with Crippen LogP contribution in [0.15, 0.2) is 12.3 Å². The van der Waals surface area contributed by atoms with Gasteiger partial charge < -0.3 is 5.32 Å². The highest BCUT2D eigenvalue weighted by molar-refractivity contribution is 6.28. The van der Waals surface area contributed by atoms with Crippen molar-refractivity contribution >= 4 is 17.4 Å². The zero-order valence-electron chi connectivity index (χ0n) is 10.1. The molecule has 1 aromatic heterocycles. The lowest BCUT2D eigenvalue weighted by Gasteiger charge is -2.18. The Morgan fingerprint density at radius 1 is 1.47 bits per heavy atom. The number of hydrogen-bond donors (Lipinski definition) is 1. The average Bonchev–Trinajstić information content (AvgIpc) is 2.72. The molecule has 0 aliphatic carbocycles. The van der Waals surface area contributed by atoms with Gasteiger partial charge in [0.05, 0.1) is 6.54 Å². The zero-order chi connectivity index (χ0) is 13.9. The van der Waals surface area contributed by atoms with Crippen LogP contribution in [0.4, 0.5) is 19.0 Å². The summed E-state index contributed by atoms with van der Waals surface area (Å²) in [7, 11) is 0. The van der Waals surface area contributed by atoms with Gasteiger partial charge in [0.1, 0.15) is 5.82 Å². The highest BCUT2D eigenvalue weighted by atomic mass is 35.5. The van der Waals surface area contributed by atoms with Gasteiger partial charge in [-0.3, -0.25) is 4.90 Å². The molecule has 0 saturated carbocycles. The van der Waals surface area contributed by atoms with Crippen molar-refractivity contribution < 1.29 is 13.2 Å². The molecule has 19 heavy (non-hydrogen) atoms. The van der Waals surface area contributed by atoms with Crippen LogP contribution in [-0.4, -0.2) is 47.2 Å². The van der Waals surface area contributed by atoms with Crippen LogP contribution in [0.25, 0.3) is 0 Å². The first-order valence-electron chi connectivity index (χ1n) is 5.94. The Morgan fingerprint density at radius 2 is 2.26 bits per heavy atom. The maximum absolute atomic E-state index is 12.2. The average molecular weight is 295 g/mol. The van der Waals surface area contributed by atoms with Gasteiger partial charge in [0.15, 0.2) is 0 Å². The molecule has 1 saturated heterocycles. The van der Waals surface area contributed by atoms with Gasteiger partial charge >= 0.3 is 6.18 Å². The molecule has 4 nitrogen and oxygen atoms in total. The SMILES string of the molecule is FC(F)(F)CN1CCC(CNc2ccnc(Cl)n2)C1. The highest BCUT2D eigenvalue weighted by Gasteiger charge is 2.34. The van der Waals surface area contributed by atoms with Gasteiger partial charge in [-0.05, 0) is 36.6 Å². The van der Waals surface area contributed by atoms with Crippen LogP contribution in [0, 0.1) is 5.92 Å². The van der Waals surface area contributed by atoms with Crippen LogP contribution in [-0.2, 0) is 0 Å². The van der Waals surface area contributed by atoms with Crippen molar-refractivity contribution in [2.45, 2.75) is 12.6 Å². The predicted molar refractivity (Wildman–Crippen MR) is 66.1 cm³/mol. The van der Waals surface area contributed by atoms with Crippen molar-refractivity contribution in [2.24, 2.45) is 5.92 Å². The molecule has 2 heterocycles. The second kappa shape index (κ2) is 5.92. The first-order valence-corrected chi connectivity index (χ1v) is 6.32. The van der Waals surface area contributed by atoms with E-state index in [2.05, 4.69) is 15.3 Å². The summed E-state index contributed by atoms with van der Waals surface area (Å²) in [6.45, 7) is 0.687. The number of rotatable bonds is 4. The zero-order valence-corrected chi connectivity index (χ0v) is 10.9. The number of anilines is 1. The smallest absolute Gasteiger partial charge is 0.370 e. The first-order chi connectivity index (χ1) is 8.92. The standard InChI is InChI=1S/C11H14ClF3N4/c12-10-16-3-1-9(18-10)17-5-8-2-4-19(6-8)7-11(13,14)15/h1,3,8H,2,4-7H2,(H,16,17,18). The van der Waals surface area contributed by atoms with Gasteiger partial charge in [-0.15, -0.1) is 0 Å². The van der Waals surface area contributed by atoms with E-state index in [1.54, 1.807) is 6.07 Å². The van der Waals surface area contributed by atoms with Crippen LogP contribution in [0.1, 0.15) is 6.42 Å². The summed E-state index contributed by atoms with van der Waals surface area (Å²) in [4.78, 5) is 9.15. The lowest BCUT2D eigenvalue weighted by Crippen LogP contribution is -2.33. The minimum absolute atomic E-state index is 0.148. The number of nitrogens with zero attached hydrogens (tertiary/aromatic N) is 3. The molecule has 1 aromatic rings. The summed E-state index contributed by atoms with van der Waals surface area (Å²) in [6.07, 6.45) is -1.84. The Labute approximate surface area is 114 Å². The summed E-state index contributed by atoms with van der Waals surface area (Å²) in [5, 5.41) is 3.22. The number of halogens is 4. The van der Waals surface area contributed by atoms with Gasteiger partial charge in [-0.2, -0.15) is 13.2 Å². The molecule has 1 N–H and O–H groups in total. The van der Waals surface area contributed by atoms with E-state index in [0.29, 0.717) is 25.5 Å². The fourth-order valence-electron chi connectivity index (χ4n) is 2.16. The molecule has 1 unspecified atom stereocenters. The van der Waals surface area contributed by atoms with Crippen LogP contribution >= 0.6 is 11.6 Å². The Morgan fingerprint density at radius 3 is 2.95 bits per heavy atom. The van der Waals surface area contributed by atoms with Crippen molar-refractivity contribution in [1.82, 2.24) is 14.9 Å². The van der Waals surface area contributed by atoms with Gasteiger partial charge in [-0.1, -0.05) is 0 Å². The number of hydrogen-bond acceptors (Lipinski definition) is 4. The van der Waals surface area contributed by atoms with E-state index in [-0.39, 0.29) is 11.2 Å². The maximum Gasteiger partial charge on any atom is 0.401 e. The van der Waals surface area contributed by atoms with Gasteiger partial charge in [0, 0.05) is 19.3 Å². The van der Waals surface area contributed by atoms with Crippen LogP contribution in [0.3, 0.4) is 0 Å². The molecule has 1 atom stereocenters. The fourth-order valence-corrected chi connectivity index (χ4v) is 2.31. The predicted octanol–water partition coefficient (Wildman–Crippen LogP) is 2.43. The third-order valence-electron chi connectivity index (χ3n) is 2.97. The lowest BCUT2D eigenvalue weighted by atomic mass is 10.1. The van der Waals surface area contributed by atoms with E-state index in [1.807, 2.05) is 0 Å². The van der Waals surface area contributed by atoms with Crippen molar-refractivity contribution in [3.63, 3.8) is 0 Å². The molecule has 0 radical (unpaired) electrons. The second-order valence-electron chi connectivity index (χ2n) is 4.60. The molecule has 106 valence electrons. The topological polar surface area (TPSA) is 41.0 Å². The van der Waals surface area contributed by atoms with E-state index >= 15 is 0 Å².